The summed E-state index contributed by atoms with van der Waals surface area (Å²) in [7, 11) is -0.224. The highest BCUT2D eigenvalue weighted by Crippen LogP contribution is 2.52. The van der Waals surface area contributed by atoms with Crippen LogP contribution in [0, 0.1) is 31.6 Å². The monoisotopic (exact) mass is 763 g/mol. The van der Waals surface area contributed by atoms with Gasteiger partial charge < -0.3 is 21.3 Å². The smallest absolute Gasteiger partial charge is 0.315 e. The second-order valence-corrected chi connectivity index (χ2v) is 18.0. The van der Waals surface area contributed by atoms with E-state index in [1.54, 1.807) is 10.6 Å². The molecule has 296 valence electrons. The molecule has 0 aliphatic heterocycles. The van der Waals surface area contributed by atoms with Gasteiger partial charge in [-0.25, -0.2) is 9.59 Å². The minimum Gasteiger partial charge on any atom is -0.338 e. The molecule has 2 unspecified atom stereocenters. The van der Waals surface area contributed by atoms with Crippen LogP contribution < -0.4 is 31.9 Å². The molecule has 2 fully saturated rings. The number of nitrogens with one attached hydrogen (secondary N) is 4. The summed E-state index contributed by atoms with van der Waals surface area (Å²) in [5.41, 5.74) is 5.58. The Hall–Kier alpha value is -4.15. The van der Waals surface area contributed by atoms with Crippen LogP contribution in [0.5, 0.6) is 0 Å². The van der Waals surface area contributed by atoms with E-state index in [9.17, 15) is 9.59 Å². The summed E-state index contributed by atoms with van der Waals surface area (Å²) in [5.74, 6) is 2.38. The van der Waals surface area contributed by atoms with Crippen LogP contribution in [0.4, 0.5) is 9.59 Å². The van der Waals surface area contributed by atoms with Crippen LogP contribution in [-0.4, -0.2) is 30.8 Å². The van der Waals surface area contributed by atoms with Crippen LogP contribution >= 0.6 is 7.92 Å². The molecule has 0 heterocycles. The van der Waals surface area contributed by atoms with Gasteiger partial charge in [0.15, 0.2) is 0 Å². The van der Waals surface area contributed by atoms with Gasteiger partial charge in [0.25, 0.3) is 0 Å². The number of hydrogen-bond donors (Lipinski definition) is 4. The Labute approximate surface area is 333 Å². The van der Waals surface area contributed by atoms with Gasteiger partial charge in [-0.15, -0.1) is 0 Å². The zero-order valence-corrected chi connectivity index (χ0v) is 35.1. The molecule has 4 amide bonds. The van der Waals surface area contributed by atoms with Gasteiger partial charge in [-0.05, 0) is 99.0 Å². The summed E-state index contributed by atoms with van der Waals surface area (Å²) in [5, 5.41) is 14.6. The number of rotatable bonds is 13. The van der Waals surface area contributed by atoms with E-state index >= 15 is 0 Å². The fourth-order valence-corrected chi connectivity index (χ4v) is 10.9. The van der Waals surface area contributed by atoms with Crippen LogP contribution in [-0.2, 0) is 13.1 Å². The minimum atomic E-state index is -0.224. The van der Waals surface area contributed by atoms with Crippen molar-refractivity contribution in [3.8, 4) is 0 Å². The van der Waals surface area contributed by atoms with Crippen molar-refractivity contribution in [2.24, 2.45) is 17.8 Å². The number of amides is 4. The standard InChI is InChI=1S/C20H25P.C15H22N2O.C13H20N2O/c1-16(2)19-14-9-15-20(19)21(17-10-5-3-6-11-17)18-12-7-4-8-13-18;1-12-6-8-14(9-7-12)11-17-15(18)16-10-13-4-2-3-5-13;1-3-4-9-14-13(16)15-10-12-7-5-11(2)6-8-12/h3-8,10-13,16,19-20H,9,14-15H2,1-2H3;6-9,13H,2-5,10-11H2,1H3,(H2,16,17,18);5-8H,3-4,9-10H2,1-2H3,(H2,14,15,16). The first-order valence-electron chi connectivity index (χ1n) is 20.8. The molecule has 0 spiro atoms. The highest BCUT2D eigenvalue weighted by atomic mass is 31.1. The molecule has 0 radical (unpaired) electrons. The predicted molar refractivity (Wildman–Crippen MR) is 235 cm³/mol. The molecule has 0 saturated heterocycles. The third-order valence-electron chi connectivity index (χ3n) is 10.8. The zero-order chi connectivity index (χ0) is 39.3. The third kappa shape index (κ3) is 15.9. The van der Waals surface area contributed by atoms with Gasteiger partial charge in [0, 0.05) is 26.2 Å². The van der Waals surface area contributed by atoms with Crippen LogP contribution in [0.25, 0.3) is 0 Å². The Morgan fingerprint density at radius 1 is 0.618 bits per heavy atom. The van der Waals surface area contributed by atoms with E-state index in [0.29, 0.717) is 19.0 Å². The van der Waals surface area contributed by atoms with Crippen LogP contribution in [0.15, 0.2) is 109 Å². The van der Waals surface area contributed by atoms with Crippen molar-refractivity contribution in [1.82, 2.24) is 21.3 Å². The lowest BCUT2D eigenvalue weighted by Gasteiger charge is -2.32. The van der Waals surface area contributed by atoms with E-state index in [4.69, 9.17) is 0 Å². The summed E-state index contributed by atoms with van der Waals surface area (Å²) in [6.45, 7) is 13.8. The molecule has 4 N–H and O–H groups in total. The van der Waals surface area contributed by atoms with Crippen molar-refractivity contribution in [2.45, 2.75) is 111 Å². The first-order chi connectivity index (χ1) is 26.7. The fraction of sp³-hybridized carbons (Fsp3) is 0.458. The maximum atomic E-state index is 11.6. The topological polar surface area (TPSA) is 82.3 Å². The number of benzene rings is 4. The van der Waals surface area contributed by atoms with Gasteiger partial charge in [-0.2, -0.15) is 0 Å². The number of unbranched alkanes of at least 4 members (excludes halogenated alkanes) is 1. The second-order valence-electron chi connectivity index (χ2n) is 15.6. The summed E-state index contributed by atoms with van der Waals surface area (Å²) >= 11 is 0. The van der Waals surface area contributed by atoms with Gasteiger partial charge in [0.2, 0.25) is 0 Å². The summed E-state index contributed by atoms with van der Waals surface area (Å²) in [6.07, 6.45) is 11.5. The van der Waals surface area contributed by atoms with Crippen molar-refractivity contribution in [1.29, 1.82) is 0 Å². The van der Waals surface area contributed by atoms with Crippen LogP contribution in [0.3, 0.4) is 0 Å². The van der Waals surface area contributed by atoms with E-state index in [1.165, 1.54) is 56.1 Å². The van der Waals surface area contributed by atoms with Crippen molar-refractivity contribution in [2.75, 3.05) is 13.1 Å². The maximum absolute atomic E-state index is 11.6. The number of carbonyl (C=O) groups excluding carboxylic acids is 2. The van der Waals surface area contributed by atoms with Crippen molar-refractivity contribution in [3.63, 3.8) is 0 Å². The van der Waals surface area contributed by atoms with Gasteiger partial charge in [0.1, 0.15) is 0 Å². The van der Waals surface area contributed by atoms with Gasteiger partial charge >= 0.3 is 12.1 Å². The van der Waals surface area contributed by atoms with E-state index in [2.05, 4.69) is 129 Å². The van der Waals surface area contributed by atoms with Crippen LogP contribution in [0.1, 0.15) is 101 Å². The first kappa shape index (κ1) is 43.6. The zero-order valence-electron chi connectivity index (χ0n) is 34.2. The molecule has 6 rings (SSSR count). The molecular weight excluding hydrogens is 696 g/mol. The molecule has 2 saturated carbocycles. The Morgan fingerprint density at radius 2 is 1.11 bits per heavy atom. The average molecular weight is 763 g/mol. The van der Waals surface area contributed by atoms with E-state index < -0.39 is 0 Å². The minimum absolute atomic E-state index is 0.0533. The SMILES string of the molecule is CC(C)C1CCCC1P(c1ccccc1)c1ccccc1.CCCCNC(=O)NCc1ccc(C)cc1.Cc1ccc(CNC(=O)NCC2CCCC2)cc1. The van der Waals surface area contributed by atoms with Gasteiger partial charge in [0.05, 0.1) is 0 Å². The summed E-state index contributed by atoms with van der Waals surface area (Å²) in [6, 6.07) is 38.7. The number of aryl methyl sites for hydroxylation is 2. The number of urea groups is 2. The Balaban J connectivity index is 0.000000186. The highest BCUT2D eigenvalue weighted by Gasteiger charge is 2.36. The maximum Gasteiger partial charge on any atom is 0.315 e. The van der Waals surface area contributed by atoms with Gasteiger partial charge in [-0.1, -0.05) is 167 Å². The Morgan fingerprint density at radius 3 is 1.58 bits per heavy atom. The fourth-order valence-electron chi connectivity index (χ4n) is 7.51. The first-order valence-corrected chi connectivity index (χ1v) is 22.2. The molecule has 4 aromatic rings. The lowest BCUT2D eigenvalue weighted by molar-refractivity contribution is 0.238. The molecular formula is C48H67N4O2P. The summed E-state index contributed by atoms with van der Waals surface area (Å²) in [4.78, 5) is 23.0. The largest absolute Gasteiger partial charge is 0.338 e. The molecule has 2 aliphatic rings. The van der Waals surface area contributed by atoms with Gasteiger partial charge in [-0.3, -0.25) is 0 Å². The molecule has 0 bridgehead atoms. The highest BCUT2D eigenvalue weighted by molar-refractivity contribution is 7.73. The molecule has 55 heavy (non-hydrogen) atoms. The van der Waals surface area contributed by atoms with E-state index in [-0.39, 0.29) is 20.0 Å². The molecule has 4 aromatic carbocycles. The third-order valence-corrected chi connectivity index (χ3v) is 13.8. The second kappa shape index (κ2) is 24.4. The van der Waals surface area contributed by atoms with E-state index in [0.717, 1.165) is 54.6 Å². The van der Waals surface area contributed by atoms with E-state index in [1.807, 2.05) is 36.4 Å². The Kier molecular flexibility index (Phi) is 19.3. The molecule has 6 nitrogen and oxygen atoms in total. The summed E-state index contributed by atoms with van der Waals surface area (Å²) < 4.78 is 0. The van der Waals surface area contributed by atoms with Crippen molar-refractivity contribution < 1.29 is 9.59 Å². The van der Waals surface area contributed by atoms with Crippen molar-refractivity contribution >= 4 is 30.6 Å². The predicted octanol–water partition coefficient (Wildman–Crippen LogP) is 10.5. The number of carbonyl (C=O) groups is 2. The lowest BCUT2D eigenvalue weighted by atomic mass is 9.94. The molecule has 7 heteroatoms. The average Bonchev–Trinajstić information content (AvgIpc) is 3.92. The van der Waals surface area contributed by atoms with Crippen LogP contribution in [0.2, 0.25) is 0 Å². The molecule has 2 atom stereocenters. The molecule has 0 aromatic heterocycles. The normalized spacial score (nSPS) is 16.4. The Bertz CT molecular complexity index is 1600. The quantitative estimate of drug-likeness (QED) is 0.0808. The van der Waals surface area contributed by atoms with Crippen molar-refractivity contribution in [3.05, 3.63) is 131 Å². The number of hydrogen-bond acceptors (Lipinski definition) is 2. The lowest BCUT2D eigenvalue weighted by Crippen LogP contribution is -2.37. The molecule has 2 aliphatic carbocycles.